The van der Waals surface area contributed by atoms with Crippen molar-refractivity contribution in [2.24, 2.45) is 5.73 Å². The van der Waals surface area contributed by atoms with Crippen LogP contribution in [0.2, 0.25) is 0 Å². The lowest BCUT2D eigenvalue weighted by atomic mass is 9.90. The van der Waals surface area contributed by atoms with Gasteiger partial charge in [0.05, 0.1) is 0 Å². The van der Waals surface area contributed by atoms with Crippen LogP contribution in [0.4, 0.5) is 0 Å². The van der Waals surface area contributed by atoms with Gasteiger partial charge in [0.1, 0.15) is 0 Å². The zero-order valence-electron chi connectivity index (χ0n) is 8.38. The largest absolute Gasteiger partial charge is 0.322 e. The number of nitrogens with two attached hydrogens (primary N) is 1. The van der Waals surface area contributed by atoms with E-state index in [0.717, 1.165) is 6.42 Å². The van der Waals surface area contributed by atoms with Crippen LogP contribution in [0.5, 0.6) is 0 Å². The highest BCUT2D eigenvalue weighted by Crippen LogP contribution is 2.21. The van der Waals surface area contributed by atoms with Crippen LogP contribution in [0, 0.1) is 0 Å². The van der Waals surface area contributed by atoms with E-state index in [1.54, 1.807) is 0 Å². The third-order valence-corrected chi connectivity index (χ3v) is 2.08. The zero-order chi connectivity index (χ0) is 9.90. The van der Waals surface area contributed by atoms with E-state index in [0.29, 0.717) is 0 Å². The molecule has 0 saturated heterocycles. The highest BCUT2D eigenvalue weighted by molar-refractivity contribution is 5.33. The van der Waals surface area contributed by atoms with E-state index in [2.05, 4.69) is 18.7 Å². The summed E-state index contributed by atoms with van der Waals surface area (Å²) in [6, 6.07) is 8.25. The molecule has 0 atom stereocenters. The molecule has 1 heteroatoms. The van der Waals surface area contributed by atoms with Crippen LogP contribution < -0.4 is 5.73 Å². The third kappa shape index (κ3) is 2.43. The second-order valence-electron chi connectivity index (χ2n) is 3.87. The Balaban J connectivity index is 3.11. The SMILES string of the molecule is C=CCc1ccccc1C(C)(C)N. The molecule has 0 bridgehead atoms. The molecule has 2 N–H and O–H groups in total. The summed E-state index contributed by atoms with van der Waals surface area (Å²) < 4.78 is 0. The van der Waals surface area contributed by atoms with Crippen molar-refractivity contribution in [3.05, 3.63) is 48.0 Å². The maximum Gasteiger partial charge on any atom is 0.0355 e. The fraction of sp³-hybridized carbons (Fsp3) is 0.333. The number of hydrogen-bond donors (Lipinski definition) is 1. The molecule has 0 aliphatic rings. The lowest BCUT2D eigenvalue weighted by molar-refractivity contribution is 0.549. The van der Waals surface area contributed by atoms with Crippen LogP contribution in [0.25, 0.3) is 0 Å². The van der Waals surface area contributed by atoms with E-state index < -0.39 is 0 Å². The molecule has 0 aliphatic heterocycles. The molecular weight excluding hydrogens is 158 g/mol. The van der Waals surface area contributed by atoms with Crippen LogP contribution in [-0.4, -0.2) is 0 Å². The van der Waals surface area contributed by atoms with Gasteiger partial charge in [0.25, 0.3) is 0 Å². The van der Waals surface area contributed by atoms with Crippen molar-refractivity contribution in [1.29, 1.82) is 0 Å². The Bertz CT molecular complexity index is 294. The lowest BCUT2D eigenvalue weighted by Crippen LogP contribution is -2.29. The van der Waals surface area contributed by atoms with Gasteiger partial charge in [0, 0.05) is 5.54 Å². The summed E-state index contributed by atoms with van der Waals surface area (Å²) in [4.78, 5) is 0. The summed E-state index contributed by atoms with van der Waals surface area (Å²) in [6.45, 7) is 7.78. The Labute approximate surface area is 80.3 Å². The summed E-state index contributed by atoms with van der Waals surface area (Å²) in [5.41, 5.74) is 8.26. The molecule has 70 valence electrons. The second kappa shape index (κ2) is 3.75. The Morgan fingerprint density at radius 3 is 2.54 bits per heavy atom. The first-order valence-corrected chi connectivity index (χ1v) is 4.54. The zero-order valence-corrected chi connectivity index (χ0v) is 8.38. The second-order valence-corrected chi connectivity index (χ2v) is 3.87. The highest BCUT2D eigenvalue weighted by atomic mass is 14.7. The molecule has 13 heavy (non-hydrogen) atoms. The van der Waals surface area contributed by atoms with Crippen molar-refractivity contribution >= 4 is 0 Å². The van der Waals surface area contributed by atoms with Crippen molar-refractivity contribution in [3.63, 3.8) is 0 Å². The molecule has 0 aromatic heterocycles. The maximum atomic E-state index is 6.05. The van der Waals surface area contributed by atoms with E-state index in [1.165, 1.54) is 11.1 Å². The smallest absolute Gasteiger partial charge is 0.0355 e. The number of allylic oxidation sites excluding steroid dienone is 1. The van der Waals surface area contributed by atoms with Gasteiger partial charge in [-0.2, -0.15) is 0 Å². The molecule has 0 saturated carbocycles. The Morgan fingerprint density at radius 2 is 2.00 bits per heavy atom. The first-order valence-electron chi connectivity index (χ1n) is 4.54. The quantitative estimate of drug-likeness (QED) is 0.702. The summed E-state index contributed by atoms with van der Waals surface area (Å²) in [6.07, 6.45) is 2.79. The highest BCUT2D eigenvalue weighted by Gasteiger charge is 2.16. The Kier molecular flexibility index (Phi) is 2.89. The van der Waals surface area contributed by atoms with Crippen molar-refractivity contribution in [1.82, 2.24) is 0 Å². The van der Waals surface area contributed by atoms with Gasteiger partial charge in [0.2, 0.25) is 0 Å². The van der Waals surface area contributed by atoms with E-state index in [4.69, 9.17) is 5.73 Å². The van der Waals surface area contributed by atoms with Crippen molar-refractivity contribution in [2.75, 3.05) is 0 Å². The molecule has 0 aliphatic carbocycles. The molecule has 1 aromatic rings. The predicted molar refractivity (Wildman–Crippen MR) is 57.6 cm³/mol. The normalized spacial score (nSPS) is 11.3. The standard InChI is InChI=1S/C12H17N/c1-4-7-10-8-5-6-9-11(10)12(2,3)13/h4-6,8-9H,1,7,13H2,2-3H3. The monoisotopic (exact) mass is 175 g/mol. The molecule has 1 aromatic carbocycles. The van der Waals surface area contributed by atoms with Gasteiger partial charge in [-0.15, -0.1) is 6.58 Å². The number of benzene rings is 1. The van der Waals surface area contributed by atoms with Gasteiger partial charge >= 0.3 is 0 Å². The van der Waals surface area contributed by atoms with Crippen LogP contribution in [-0.2, 0) is 12.0 Å². The van der Waals surface area contributed by atoms with Gasteiger partial charge < -0.3 is 5.73 Å². The number of hydrogen-bond acceptors (Lipinski definition) is 1. The molecule has 0 heterocycles. The molecule has 1 nitrogen and oxygen atoms in total. The van der Waals surface area contributed by atoms with Gasteiger partial charge in [-0.3, -0.25) is 0 Å². The minimum absolute atomic E-state index is 0.264. The Morgan fingerprint density at radius 1 is 1.38 bits per heavy atom. The Hall–Kier alpha value is -1.08. The summed E-state index contributed by atoms with van der Waals surface area (Å²) >= 11 is 0. The van der Waals surface area contributed by atoms with Crippen molar-refractivity contribution in [2.45, 2.75) is 25.8 Å². The summed E-state index contributed by atoms with van der Waals surface area (Å²) in [7, 11) is 0. The van der Waals surface area contributed by atoms with Crippen LogP contribution in [0.3, 0.4) is 0 Å². The first kappa shape index (κ1) is 10.0. The summed E-state index contributed by atoms with van der Waals surface area (Å²) in [5, 5.41) is 0. The summed E-state index contributed by atoms with van der Waals surface area (Å²) in [5.74, 6) is 0. The lowest BCUT2D eigenvalue weighted by Gasteiger charge is -2.22. The first-order chi connectivity index (χ1) is 6.05. The topological polar surface area (TPSA) is 26.0 Å². The van der Waals surface area contributed by atoms with E-state index in [1.807, 2.05) is 32.1 Å². The predicted octanol–water partition coefficient (Wildman–Crippen LogP) is 2.61. The van der Waals surface area contributed by atoms with E-state index >= 15 is 0 Å². The average Bonchev–Trinajstić information content (AvgIpc) is 2.04. The fourth-order valence-corrected chi connectivity index (χ4v) is 1.48. The third-order valence-electron chi connectivity index (χ3n) is 2.08. The molecule has 0 radical (unpaired) electrons. The molecule has 1 rings (SSSR count). The number of rotatable bonds is 3. The van der Waals surface area contributed by atoms with Crippen molar-refractivity contribution < 1.29 is 0 Å². The maximum absolute atomic E-state index is 6.05. The van der Waals surface area contributed by atoms with E-state index in [-0.39, 0.29) is 5.54 Å². The van der Waals surface area contributed by atoms with Gasteiger partial charge in [-0.25, -0.2) is 0 Å². The van der Waals surface area contributed by atoms with E-state index in [9.17, 15) is 0 Å². The molecular formula is C12H17N. The molecule has 0 amide bonds. The molecule has 0 unspecified atom stereocenters. The fourth-order valence-electron chi connectivity index (χ4n) is 1.48. The van der Waals surface area contributed by atoms with Crippen LogP contribution in [0.15, 0.2) is 36.9 Å². The van der Waals surface area contributed by atoms with Crippen molar-refractivity contribution in [3.8, 4) is 0 Å². The van der Waals surface area contributed by atoms with Gasteiger partial charge in [-0.05, 0) is 31.4 Å². The molecule has 0 spiro atoms. The van der Waals surface area contributed by atoms with Crippen LogP contribution >= 0.6 is 0 Å². The van der Waals surface area contributed by atoms with Crippen LogP contribution in [0.1, 0.15) is 25.0 Å². The minimum atomic E-state index is -0.264. The minimum Gasteiger partial charge on any atom is -0.322 e. The van der Waals surface area contributed by atoms with Gasteiger partial charge in [-0.1, -0.05) is 30.3 Å². The molecule has 0 fully saturated rings. The van der Waals surface area contributed by atoms with Gasteiger partial charge in [0.15, 0.2) is 0 Å². The average molecular weight is 175 g/mol.